The first kappa shape index (κ1) is 13.8. The van der Waals surface area contributed by atoms with Gasteiger partial charge in [0.1, 0.15) is 0 Å². The number of hydrogen-bond donors (Lipinski definition) is 2. The maximum absolute atomic E-state index is 5.94. The molecule has 1 aromatic carbocycles. The van der Waals surface area contributed by atoms with Crippen molar-refractivity contribution in [2.24, 2.45) is 0 Å². The molecule has 0 unspecified atom stereocenters. The second-order valence-corrected chi connectivity index (χ2v) is 4.89. The highest BCUT2D eigenvalue weighted by Crippen LogP contribution is 2.22. The van der Waals surface area contributed by atoms with Crippen LogP contribution in [0, 0.1) is 6.92 Å². The summed E-state index contributed by atoms with van der Waals surface area (Å²) in [5.41, 5.74) is 9.07. The van der Waals surface area contributed by atoms with Crippen molar-refractivity contribution < 1.29 is 0 Å². The number of hydrogen-bond acceptors (Lipinski definition) is 3. The molecule has 0 atom stereocenters. The molecule has 96 valence electrons. The van der Waals surface area contributed by atoms with Crippen molar-refractivity contribution in [3.63, 3.8) is 0 Å². The number of benzene rings is 1. The third kappa shape index (κ3) is 4.27. The Morgan fingerprint density at radius 2 is 2.06 bits per heavy atom. The zero-order valence-corrected chi connectivity index (χ0v) is 11.5. The maximum atomic E-state index is 5.94. The summed E-state index contributed by atoms with van der Waals surface area (Å²) in [6.45, 7) is 8.58. The third-order valence-corrected chi connectivity index (χ3v) is 3.18. The number of nitrogens with two attached hydrogens (primary N) is 1. The molecule has 1 rings (SSSR count). The van der Waals surface area contributed by atoms with Crippen molar-refractivity contribution in [1.82, 2.24) is 4.90 Å². The summed E-state index contributed by atoms with van der Waals surface area (Å²) in [6, 6.07) is 6.62. The van der Waals surface area contributed by atoms with E-state index < -0.39 is 0 Å². The van der Waals surface area contributed by atoms with E-state index in [4.69, 9.17) is 5.73 Å². The van der Waals surface area contributed by atoms with Crippen molar-refractivity contribution in [3.05, 3.63) is 23.8 Å². The molecule has 0 heterocycles. The van der Waals surface area contributed by atoms with E-state index in [-0.39, 0.29) is 0 Å². The van der Waals surface area contributed by atoms with E-state index in [1.165, 1.54) is 5.56 Å². The Balaban J connectivity index is 2.36. The molecule has 3 nitrogen and oxygen atoms in total. The van der Waals surface area contributed by atoms with Crippen molar-refractivity contribution in [2.45, 2.75) is 33.2 Å². The van der Waals surface area contributed by atoms with Gasteiger partial charge in [-0.15, -0.1) is 0 Å². The lowest BCUT2D eigenvalue weighted by molar-refractivity contribution is 0.273. The Bertz CT molecular complexity index is 327. The van der Waals surface area contributed by atoms with Gasteiger partial charge in [-0.1, -0.05) is 12.1 Å². The van der Waals surface area contributed by atoms with Gasteiger partial charge in [-0.25, -0.2) is 0 Å². The first-order valence-electron chi connectivity index (χ1n) is 6.31. The average molecular weight is 235 g/mol. The van der Waals surface area contributed by atoms with E-state index in [1.807, 2.05) is 12.1 Å². The first-order chi connectivity index (χ1) is 8.02. The predicted octanol–water partition coefficient (Wildman–Crippen LogP) is 2.72. The van der Waals surface area contributed by atoms with Crippen molar-refractivity contribution >= 4 is 11.4 Å². The predicted molar refractivity (Wildman–Crippen MR) is 76.5 cm³/mol. The van der Waals surface area contributed by atoms with Crippen LogP contribution in [0.25, 0.3) is 0 Å². The highest BCUT2D eigenvalue weighted by Gasteiger charge is 2.04. The normalized spacial score (nSPS) is 11.2. The summed E-state index contributed by atoms with van der Waals surface area (Å²) >= 11 is 0. The monoisotopic (exact) mass is 235 g/mol. The molecule has 0 amide bonds. The molecular weight excluding hydrogens is 210 g/mol. The van der Waals surface area contributed by atoms with Crippen LogP contribution in [0.15, 0.2) is 18.2 Å². The van der Waals surface area contributed by atoms with Crippen molar-refractivity contribution in [2.75, 3.05) is 31.2 Å². The molecule has 1 aromatic rings. The molecular formula is C14H25N3. The quantitative estimate of drug-likeness (QED) is 0.588. The lowest BCUT2D eigenvalue weighted by atomic mass is 10.1. The van der Waals surface area contributed by atoms with Crippen LogP contribution in [-0.4, -0.2) is 31.1 Å². The molecule has 0 radical (unpaired) electrons. The van der Waals surface area contributed by atoms with Gasteiger partial charge < -0.3 is 16.0 Å². The standard InChI is InChI=1S/C14H25N3/c1-11(2)17(4)10-6-9-16-14-12(3)7-5-8-13(14)15/h5,7-8,11,16H,6,9-10,15H2,1-4H3. The molecule has 17 heavy (non-hydrogen) atoms. The molecule has 3 N–H and O–H groups in total. The smallest absolute Gasteiger partial charge is 0.0603 e. The van der Waals surface area contributed by atoms with Crippen LogP contribution in [0.5, 0.6) is 0 Å². The number of anilines is 2. The van der Waals surface area contributed by atoms with Gasteiger partial charge in [0.15, 0.2) is 0 Å². The average Bonchev–Trinajstić information content (AvgIpc) is 2.27. The molecule has 0 fully saturated rings. The molecule has 0 spiro atoms. The van der Waals surface area contributed by atoms with Gasteiger partial charge >= 0.3 is 0 Å². The lowest BCUT2D eigenvalue weighted by Gasteiger charge is -2.21. The first-order valence-corrected chi connectivity index (χ1v) is 6.31. The maximum Gasteiger partial charge on any atom is 0.0603 e. The number of rotatable bonds is 6. The zero-order chi connectivity index (χ0) is 12.8. The molecule has 0 aromatic heterocycles. The summed E-state index contributed by atoms with van der Waals surface area (Å²) in [5.74, 6) is 0. The van der Waals surface area contributed by atoms with Gasteiger partial charge in [0, 0.05) is 12.6 Å². The summed E-state index contributed by atoms with van der Waals surface area (Å²) < 4.78 is 0. The highest BCUT2D eigenvalue weighted by molar-refractivity contribution is 5.69. The van der Waals surface area contributed by atoms with E-state index in [0.29, 0.717) is 6.04 Å². The van der Waals surface area contributed by atoms with Crippen molar-refractivity contribution in [3.8, 4) is 0 Å². The van der Waals surface area contributed by atoms with Gasteiger partial charge in [-0.05, 0) is 52.4 Å². The summed E-state index contributed by atoms with van der Waals surface area (Å²) in [7, 11) is 2.16. The minimum Gasteiger partial charge on any atom is -0.397 e. The van der Waals surface area contributed by atoms with Crippen LogP contribution in [0.3, 0.4) is 0 Å². The van der Waals surface area contributed by atoms with Crippen LogP contribution in [0.2, 0.25) is 0 Å². The van der Waals surface area contributed by atoms with Crippen LogP contribution < -0.4 is 11.1 Å². The van der Waals surface area contributed by atoms with Crippen LogP contribution in [0.4, 0.5) is 11.4 Å². The van der Waals surface area contributed by atoms with Gasteiger partial charge in [0.2, 0.25) is 0 Å². The van der Waals surface area contributed by atoms with Gasteiger partial charge in [-0.2, -0.15) is 0 Å². The number of nitrogens with one attached hydrogen (secondary N) is 1. The lowest BCUT2D eigenvalue weighted by Crippen LogP contribution is -2.28. The molecule has 0 bridgehead atoms. The fourth-order valence-corrected chi connectivity index (χ4v) is 1.73. The second kappa shape index (κ2) is 6.50. The molecule has 0 aliphatic heterocycles. The minimum atomic E-state index is 0.610. The van der Waals surface area contributed by atoms with E-state index >= 15 is 0 Å². The Hall–Kier alpha value is -1.22. The van der Waals surface area contributed by atoms with Gasteiger partial charge in [0.05, 0.1) is 11.4 Å². The van der Waals surface area contributed by atoms with E-state index in [2.05, 4.69) is 44.1 Å². The minimum absolute atomic E-state index is 0.610. The Kier molecular flexibility index (Phi) is 5.29. The van der Waals surface area contributed by atoms with Crippen LogP contribution in [0.1, 0.15) is 25.8 Å². The van der Waals surface area contributed by atoms with Crippen LogP contribution >= 0.6 is 0 Å². The molecule has 0 saturated carbocycles. The second-order valence-electron chi connectivity index (χ2n) is 4.89. The van der Waals surface area contributed by atoms with E-state index in [1.54, 1.807) is 0 Å². The summed E-state index contributed by atoms with van der Waals surface area (Å²) in [4.78, 5) is 2.35. The Morgan fingerprint density at radius 1 is 1.35 bits per heavy atom. The Labute approximate surface area is 105 Å². The topological polar surface area (TPSA) is 41.3 Å². The summed E-state index contributed by atoms with van der Waals surface area (Å²) in [6.07, 6.45) is 1.13. The number of nitrogen functional groups attached to an aromatic ring is 1. The molecule has 0 aliphatic carbocycles. The summed E-state index contributed by atoms with van der Waals surface area (Å²) in [5, 5.41) is 3.42. The molecule has 0 saturated heterocycles. The fourth-order valence-electron chi connectivity index (χ4n) is 1.73. The largest absolute Gasteiger partial charge is 0.397 e. The number of para-hydroxylation sites is 1. The van der Waals surface area contributed by atoms with Gasteiger partial charge in [0.25, 0.3) is 0 Å². The van der Waals surface area contributed by atoms with E-state index in [9.17, 15) is 0 Å². The van der Waals surface area contributed by atoms with Gasteiger partial charge in [-0.3, -0.25) is 0 Å². The zero-order valence-electron chi connectivity index (χ0n) is 11.5. The van der Waals surface area contributed by atoms with Crippen LogP contribution in [-0.2, 0) is 0 Å². The number of nitrogens with zero attached hydrogens (tertiary/aromatic N) is 1. The van der Waals surface area contributed by atoms with Crippen molar-refractivity contribution in [1.29, 1.82) is 0 Å². The fraction of sp³-hybridized carbons (Fsp3) is 0.571. The highest BCUT2D eigenvalue weighted by atomic mass is 15.1. The van der Waals surface area contributed by atoms with E-state index in [0.717, 1.165) is 30.9 Å². The molecule has 0 aliphatic rings. The Morgan fingerprint density at radius 3 is 2.65 bits per heavy atom. The third-order valence-electron chi connectivity index (χ3n) is 3.18. The number of aryl methyl sites for hydroxylation is 1. The molecule has 3 heteroatoms. The SMILES string of the molecule is Cc1cccc(N)c1NCCCN(C)C(C)C.